The molecule has 1 amide bonds. The molecule has 0 saturated carbocycles. The molecule has 0 spiro atoms. The van der Waals surface area contributed by atoms with Gasteiger partial charge in [0.1, 0.15) is 24.1 Å². The zero-order valence-electron chi connectivity index (χ0n) is 12.9. The van der Waals surface area contributed by atoms with Crippen LogP contribution in [0.2, 0.25) is 0 Å². The lowest BCUT2D eigenvalue weighted by Crippen LogP contribution is -2.33. The van der Waals surface area contributed by atoms with Crippen molar-refractivity contribution >= 4 is 11.9 Å². The predicted molar refractivity (Wildman–Crippen MR) is 77.8 cm³/mol. The molecule has 0 saturated heterocycles. The van der Waals surface area contributed by atoms with Crippen LogP contribution >= 0.6 is 0 Å². The number of methoxy groups -OCH3 is 1. The zero-order chi connectivity index (χ0) is 16.8. The molecule has 1 atom stereocenters. The quantitative estimate of drug-likeness (QED) is 0.731. The van der Waals surface area contributed by atoms with Crippen LogP contribution in [-0.4, -0.2) is 45.7 Å². The van der Waals surface area contributed by atoms with E-state index < -0.39 is 12.0 Å². The molecule has 0 aliphatic carbocycles. The third-order valence-corrected chi connectivity index (χ3v) is 3.11. The number of carbonyl (C=O) groups is 2. The number of carboxylic acid groups (broad SMARTS) is 1. The summed E-state index contributed by atoms with van der Waals surface area (Å²) in [5.41, 5.74) is -0.218. The predicted octanol–water partition coefficient (Wildman–Crippen LogP) is 0.636. The van der Waals surface area contributed by atoms with Crippen molar-refractivity contribution in [2.75, 3.05) is 13.7 Å². The van der Waals surface area contributed by atoms with E-state index in [1.165, 1.54) is 13.3 Å². The number of ether oxygens (including phenoxy) is 1. The number of carboxylic acids is 1. The Labute approximate surface area is 132 Å². The van der Waals surface area contributed by atoms with Crippen molar-refractivity contribution in [1.82, 2.24) is 20.3 Å². The fraction of sp³-hybridized carbons (Fsp3) is 0.429. The molecule has 1 unspecified atom stereocenters. The summed E-state index contributed by atoms with van der Waals surface area (Å²) in [5, 5.41) is 18.6. The lowest BCUT2D eigenvalue weighted by atomic mass is 10.2. The average Bonchev–Trinajstić information content (AvgIpc) is 3.15. The van der Waals surface area contributed by atoms with E-state index in [1.54, 1.807) is 6.07 Å². The van der Waals surface area contributed by atoms with Crippen LogP contribution in [0.1, 0.15) is 35.0 Å². The van der Waals surface area contributed by atoms with E-state index in [2.05, 4.69) is 15.6 Å². The molecule has 9 nitrogen and oxygen atoms in total. The lowest BCUT2D eigenvalue weighted by Gasteiger charge is -2.15. The van der Waals surface area contributed by atoms with Gasteiger partial charge in [-0.25, -0.2) is 9.48 Å². The van der Waals surface area contributed by atoms with E-state index in [9.17, 15) is 9.59 Å². The number of aromatic carboxylic acids is 1. The molecular weight excluding hydrogens is 304 g/mol. The fourth-order valence-electron chi connectivity index (χ4n) is 1.99. The first-order valence-electron chi connectivity index (χ1n) is 7.03. The number of amides is 1. The van der Waals surface area contributed by atoms with Gasteiger partial charge in [0.05, 0.1) is 12.8 Å². The zero-order valence-corrected chi connectivity index (χ0v) is 12.9. The van der Waals surface area contributed by atoms with Crippen LogP contribution in [0.5, 0.6) is 0 Å². The van der Waals surface area contributed by atoms with Gasteiger partial charge in [-0.05, 0) is 12.1 Å². The van der Waals surface area contributed by atoms with Crippen molar-refractivity contribution in [3.63, 3.8) is 0 Å². The maximum Gasteiger partial charge on any atom is 0.358 e. The van der Waals surface area contributed by atoms with Gasteiger partial charge in [0.25, 0.3) is 0 Å². The van der Waals surface area contributed by atoms with Gasteiger partial charge < -0.3 is 19.6 Å². The molecular formula is C14H18N4O5. The average molecular weight is 322 g/mol. The second-order valence-corrected chi connectivity index (χ2v) is 4.84. The topological polar surface area (TPSA) is 119 Å². The van der Waals surface area contributed by atoms with Crippen molar-refractivity contribution in [1.29, 1.82) is 0 Å². The summed E-state index contributed by atoms with van der Waals surface area (Å²) in [6.45, 7) is 2.07. The number of nitrogens with one attached hydrogen (secondary N) is 1. The smallest absolute Gasteiger partial charge is 0.358 e. The lowest BCUT2D eigenvalue weighted by molar-refractivity contribution is -0.123. The second-order valence-electron chi connectivity index (χ2n) is 4.84. The summed E-state index contributed by atoms with van der Waals surface area (Å²) in [5.74, 6) is -0.139. The highest BCUT2D eigenvalue weighted by atomic mass is 16.5. The Hall–Kier alpha value is -2.68. The summed E-state index contributed by atoms with van der Waals surface area (Å²) >= 11 is 0. The van der Waals surface area contributed by atoms with E-state index >= 15 is 0 Å². The fourth-order valence-corrected chi connectivity index (χ4v) is 1.99. The molecule has 0 aromatic carbocycles. The minimum Gasteiger partial charge on any atom is -0.476 e. The van der Waals surface area contributed by atoms with Crippen LogP contribution in [0, 0.1) is 0 Å². The van der Waals surface area contributed by atoms with Gasteiger partial charge in [-0.3, -0.25) is 4.79 Å². The maximum absolute atomic E-state index is 12.1. The molecule has 0 aliphatic rings. The summed E-state index contributed by atoms with van der Waals surface area (Å²) in [6, 6.07) is 3.21. The van der Waals surface area contributed by atoms with Gasteiger partial charge in [-0.2, -0.15) is 0 Å². The Morgan fingerprint density at radius 2 is 2.26 bits per heavy atom. The largest absolute Gasteiger partial charge is 0.476 e. The Balaban J connectivity index is 2.00. The summed E-state index contributed by atoms with van der Waals surface area (Å²) < 4.78 is 11.9. The monoisotopic (exact) mass is 322 g/mol. The number of nitrogens with zero attached hydrogens (tertiary/aromatic N) is 3. The highest BCUT2D eigenvalue weighted by Gasteiger charge is 2.19. The highest BCUT2D eigenvalue weighted by Crippen LogP contribution is 2.17. The van der Waals surface area contributed by atoms with E-state index in [0.717, 1.165) is 16.9 Å². The van der Waals surface area contributed by atoms with Crippen LogP contribution in [0.3, 0.4) is 0 Å². The summed E-state index contributed by atoms with van der Waals surface area (Å²) in [4.78, 5) is 22.8. The molecule has 2 rings (SSSR count). The summed E-state index contributed by atoms with van der Waals surface area (Å²) in [7, 11) is 1.53. The molecule has 2 aromatic rings. The molecule has 2 N–H and O–H groups in total. The third-order valence-electron chi connectivity index (χ3n) is 3.11. The summed E-state index contributed by atoms with van der Waals surface area (Å²) in [6.07, 6.45) is 1.94. The molecule has 2 aromatic heterocycles. The molecule has 0 fully saturated rings. The van der Waals surface area contributed by atoms with Crippen LogP contribution in [-0.2, 0) is 22.5 Å². The SMILES string of the molecule is CCc1ccc(C(COC)NC(=O)Cn2cc(C(=O)O)nn2)o1. The Morgan fingerprint density at radius 1 is 1.48 bits per heavy atom. The minimum absolute atomic E-state index is 0.151. The normalized spacial score (nSPS) is 12.1. The van der Waals surface area contributed by atoms with Gasteiger partial charge in [-0.15, -0.1) is 5.10 Å². The number of aryl methyl sites for hydroxylation is 1. The van der Waals surface area contributed by atoms with Gasteiger partial charge in [0.15, 0.2) is 5.69 Å². The van der Waals surface area contributed by atoms with Crippen molar-refractivity contribution in [2.45, 2.75) is 25.9 Å². The number of hydrogen-bond donors (Lipinski definition) is 2. The molecule has 2 heterocycles. The molecule has 0 radical (unpaired) electrons. The van der Waals surface area contributed by atoms with Crippen molar-refractivity contribution in [3.8, 4) is 0 Å². The van der Waals surface area contributed by atoms with Gasteiger partial charge in [-0.1, -0.05) is 12.1 Å². The van der Waals surface area contributed by atoms with Crippen molar-refractivity contribution in [3.05, 3.63) is 35.5 Å². The standard InChI is InChI=1S/C14H18N4O5/c1-3-9-4-5-12(23-9)11(8-22-2)15-13(19)7-18-6-10(14(20)21)16-17-18/h4-6,11H,3,7-8H2,1-2H3,(H,15,19)(H,20,21). The molecule has 0 aliphatic heterocycles. The minimum atomic E-state index is -1.20. The van der Waals surface area contributed by atoms with Crippen molar-refractivity contribution in [2.24, 2.45) is 0 Å². The van der Waals surface area contributed by atoms with E-state index in [-0.39, 0.29) is 24.8 Å². The van der Waals surface area contributed by atoms with Crippen molar-refractivity contribution < 1.29 is 23.8 Å². The van der Waals surface area contributed by atoms with E-state index in [1.807, 2.05) is 13.0 Å². The van der Waals surface area contributed by atoms with Crippen LogP contribution in [0.25, 0.3) is 0 Å². The Morgan fingerprint density at radius 3 is 2.83 bits per heavy atom. The molecule has 9 heteroatoms. The highest BCUT2D eigenvalue weighted by molar-refractivity contribution is 5.84. The van der Waals surface area contributed by atoms with Gasteiger partial charge in [0, 0.05) is 13.5 Å². The van der Waals surface area contributed by atoms with Crippen LogP contribution in [0.15, 0.2) is 22.7 Å². The first-order valence-corrected chi connectivity index (χ1v) is 7.03. The number of furan rings is 1. The third kappa shape index (κ3) is 4.39. The number of hydrogen-bond acceptors (Lipinski definition) is 6. The molecule has 124 valence electrons. The van der Waals surface area contributed by atoms with Gasteiger partial charge in [0.2, 0.25) is 5.91 Å². The number of carbonyl (C=O) groups excluding carboxylic acids is 1. The van der Waals surface area contributed by atoms with E-state index in [0.29, 0.717) is 5.76 Å². The molecule has 23 heavy (non-hydrogen) atoms. The van der Waals surface area contributed by atoms with Crippen LogP contribution in [0.4, 0.5) is 0 Å². The maximum atomic E-state index is 12.1. The van der Waals surface area contributed by atoms with Crippen LogP contribution < -0.4 is 5.32 Å². The number of rotatable bonds is 8. The van der Waals surface area contributed by atoms with Gasteiger partial charge >= 0.3 is 5.97 Å². The first kappa shape index (κ1) is 16.7. The van der Waals surface area contributed by atoms with E-state index in [4.69, 9.17) is 14.3 Å². The number of aromatic nitrogens is 3. The second kappa shape index (κ2) is 7.54. The Bertz CT molecular complexity index is 678. The first-order chi connectivity index (χ1) is 11.0. The Kier molecular flexibility index (Phi) is 5.47. The molecule has 0 bridgehead atoms.